The van der Waals surface area contributed by atoms with Crippen molar-refractivity contribution in [2.45, 2.75) is 44.6 Å². The maximum absolute atomic E-state index is 13.3. The van der Waals surface area contributed by atoms with Crippen LogP contribution in [0.15, 0.2) is 35.2 Å². The fourth-order valence-electron chi connectivity index (χ4n) is 4.81. The quantitative estimate of drug-likeness (QED) is 0.708. The monoisotopic (exact) mass is 445 g/mol. The second kappa shape index (κ2) is 8.20. The number of carbonyl (C=O) groups excluding carboxylic acids is 2. The molecule has 164 valence electrons. The van der Waals surface area contributed by atoms with Crippen molar-refractivity contribution in [2.24, 2.45) is 5.92 Å². The third-order valence-corrected chi connectivity index (χ3v) is 6.62. The minimum Gasteiger partial charge on any atom is -0.460 e. The highest BCUT2D eigenvalue weighted by Gasteiger charge is 2.44. The van der Waals surface area contributed by atoms with E-state index in [-0.39, 0.29) is 25.3 Å². The summed E-state index contributed by atoms with van der Waals surface area (Å²) in [6.07, 6.45) is 4.87. The molecule has 3 aliphatic heterocycles. The Bertz CT molecular complexity index is 994. The van der Waals surface area contributed by atoms with Crippen molar-refractivity contribution < 1.29 is 28.5 Å². The molecule has 1 fully saturated rings. The molecular weight excluding hydrogens is 422 g/mol. The van der Waals surface area contributed by atoms with Gasteiger partial charge in [-0.3, -0.25) is 4.79 Å². The Morgan fingerprint density at radius 2 is 2.06 bits per heavy atom. The molecule has 0 saturated carbocycles. The number of ether oxygens (including phenoxy) is 4. The van der Waals surface area contributed by atoms with E-state index in [1.807, 2.05) is 13.0 Å². The van der Waals surface area contributed by atoms with Gasteiger partial charge in [-0.25, -0.2) is 4.79 Å². The van der Waals surface area contributed by atoms with Crippen LogP contribution < -0.4 is 14.8 Å². The number of rotatable bonds is 4. The number of carbonyl (C=O) groups is 2. The molecule has 1 aromatic rings. The number of ketones is 1. The van der Waals surface area contributed by atoms with Crippen molar-refractivity contribution in [3.8, 4) is 11.5 Å². The molecule has 8 heteroatoms. The molecule has 1 saturated heterocycles. The van der Waals surface area contributed by atoms with E-state index in [0.717, 1.165) is 18.5 Å². The summed E-state index contributed by atoms with van der Waals surface area (Å²) in [5.41, 5.74) is 2.54. The van der Waals surface area contributed by atoms with Crippen LogP contribution in [0.3, 0.4) is 0 Å². The molecule has 1 aromatic carbocycles. The summed E-state index contributed by atoms with van der Waals surface area (Å²) >= 11 is 6.64. The Kier molecular flexibility index (Phi) is 5.40. The smallest absolute Gasteiger partial charge is 0.336 e. The van der Waals surface area contributed by atoms with Gasteiger partial charge < -0.3 is 24.3 Å². The summed E-state index contributed by atoms with van der Waals surface area (Å²) in [7, 11) is 0. The molecule has 0 amide bonds. The van der Waals surface area contributed by atoms with Gasteiger partial charge in [0.2, 0.25) is 6.79 Å². The van der Waals surface area contributed by atoms with Crippen molar-refractivity contribution in [3.05, 3.63) is 45.8 Å². The zero-order valence-electron chi connectivity index (χ0n) is 17.2. The van der Waals surface area contributed by atoms with E-state index in [0.29, 0.717) is 52.8 Å². The zero-order chi connectivity index (χ0) is 21.5. The van der Waals surface area contributed by atoms with Crippen LogP contribution in [0.2, 0.25) is 5.02 Å². The van der Waals surface area contributed by atoms with Crippen molar-refractivity contribution in [2.75, 3.05) is 20.0 Å². The van der Waals surface area contributed by atoms with Gasteiger partial charge in [-0.1, -0.05) is 17.7 Å². The minimum atomic E-state index is -0.570. The highest BCUT2D eigenvalue weighted by Crippen LogP contribution is 2.48. The first-order chi connectivity index (χ1) is 15.0. The third-order valence-electron chi connectivity index (χ3n) is 6.29. The van der Waals surface area contributed by atoms with Crippen LogP contribution in [-0.2, 0) is 19.1 Å². The maximum Gasteiger partial charge on any atom is 0.336 e. The predicted molar refractivity (Wildman–Crippen MR) is 112 cm³/mol. The summed E-state index contributed by atoms with van der Waals surface area (Å²) in [6.45, 7) is 2.82. The molecular formula is C23H24ClNO6. The standard InChI is InChI=1S/C23H24ClNO6/c1-12-20(23(27)29-10-13-4-3-7-28-13)21(22-16(25-12)5-2-6-17(22)26)14-8-18-19(9-15(14)24)31-11-30-18/h5,8-9,13,21-22,25H,2-4,6-7,10-11H2,1H3. The van der Waals surface area contributed by atoms with Crippen molar-refractivity contribution in [1.82, 2.24) is 5.32 Å². The van der Waals surface area contributed by atoms with Crippen molar-refractivity contribution in [1.29, 1.82) is 0 Å². The van der Waals surface area contributed by atoms with Crippen molar-refractivity contribution >= 4 is 23.4 Å². The lowest BCUT2D eigenvalue weighted by molar-refractivity contribution is -0.143. The first-order valence-electron chi connectivity index (χ1n) is 10.6. The Morgan fingerprint density at radius 3 is 2.84 bits per heavy atom. The summed E-state index contributed by atoms with van der Waals surface area (Å²) < 4.78 is 22.2. The number of nitrogens with one attached hydrogen (secondary N) is 1. The average Bonchev–Trinajstić information content (AvgIpc) is 3.42. The summed E-state index contributed by atoms with van der Waals surface area (Å²) in [5, 5.41) is 3.69. The lowest BCUT2D eigenvalue weighted by atomic mass is 9.71. The van der Waals surface area contributed by atoms with Crippen molar-refractivity contribution in [3.63, 3.8) is 0 Å². The number of hydrogen-bond acceptors (Lipinski definition) is 7. The van der Waals surface area contributed by atoms with Gasteiger partial charge in [-0.15, -0.1) is 0 Å². The number of Topliss-reactive ketones (excluding diaryl/α,β-unsaturated/α-hetero) is 1. The van der Waals surface area contributed by atoms with Crippen LogP contribution in [0.1, 0.15) is 44.1 Å². The summed E-state index contributed by atoms with van der Waals surface area (Å²) in [5.74, 6) is -0.384. The molecule has 3 heterocycles. The zero-order valence-corrected chi connectivity index (χ0v) is 18.0. The highest BCUT2D eigenvalue weighted by atomic mass is 35.5. The second-order valence-corrected chi connectivity index (χ2v) is 8.65. The van der Waals surface area contributed by atoms with Crippen LogP contribution in [0.4, 0.5) is 0 Å². The first kappa shape index (κ1) is 20.4. The van der Waals surface area contributed by atoms with Gasteiger partial charge in [0.1, 0.15) is 12.4 Å². The van der Waals surface area contributed by atoms with Crippen LogP contribution in [0.5, 0.6) is 11.5 Å². The van der Waals surface area contributed by atoms with E-state index in [1.54, 1.807) is 12.1 Å². The Hall–Kier alpha value is -2.51. The van der Waals surface area contributed by atoms with Crippen LogP contribution in [0.25, 0.3) is 0 Å². The van der Waals surface area contributed by atoms with E-state index >= 15 is 0 Å². The van der Waals surface area contributed by atoms with Gasteiger partial charge in [-0.05, 0) is 37.8 Å². The van der Waals surface area contributed by atoms with Gasteiger partial charge in [-0.2, -0.15) is 0 Å². The topological polar surface area (TPSA) is 83.1 Å². The number of hydrogen-bond donors (Lipinski definition) is 1. The predicted octanol–water partition coefficient (Wildman–Crippen LogP) is 3.61. The molecule has 1 aliphatic carbocycles. The molecule has 3 unspecified atom stereocenters. The normalized spacial score (nSPS) is 27.0. The molecule has 5 rings (SSSR count). The number of allylic oxidation sites excluding steroid dienone is 3. The maximum atomic E-state index is 13.3. The van der Waals surface area contributed by atoms with E-state index in [1.165, 1.54) is 0 Å². The molecule has 0 radical (unpaired) electrons. The molecule has 0 bridgehead atoms. The van der Waals surface area contributed by atoms with E-state index in [9.17, 15) is 9.59 Å². The molecule has 31 heavy (non-hydrogen) atoms. The molecule has 0 spiro atoms. The number of fused-ring (bicyclic) bond motifs is 2. The highest BCUT2D eigenvalue weighted by molar-refractivity contribution is 6.31. The largest absolute Gasteiger partial charge is 0.460 e. The average molecular weight is 446 g/mol. The summed E-state index contributed by atoms with van der Waals surface area (Å²) in [4.78, 5) is 26.3. The van der Waals surface area contributed by atoms with Crippen LogP contribution in [-0.4, -0.2) is 37.9 Å². The van der Waals surface area contributed by atoms with Crippen LogP contribution >= 0.6 is 11.6 Å². The number of halogens is 1. The Labute approximate surface area is 185 Å². The Morgan fingerprint density at radius 1 is 1.26 bits per heavy atom. The fourth-order valence-corrected chi connectivity index (χ4v) is 5.08. The van der Waals surface area contributed by atoms with Gasteiger partial charge >= 0.3 is 5.97 Å². The van der Waals surface area contributed by atoms with Gasteiger partial charge in [0.15, 0.2) is 11.5 Å². The third kappa shape index (κ3) is 3.70. The van der Waals surface area contributed by atoms with E-state index < -0.39 is 17.8 Å². The van der Waals surface area contributed by atoms with Gasteiger partial charge in [0.05, 0.1) is 17.6 Å². The number of esters is 1. The molecule has 1 N–H and O–H groups in total. The number of benzene rings is 1. The lowest BCUT2D eigenvalue weighted by Crippen LogP contribution is -2.41. The molecule has 0 aromatic heterocycles. The van der Waals surface area contributed by atoms with Gasteiger partial charge in [0, 0.05) is 41.4 Å². The minimum absolute atomic E-state index is 0.0701. The van der Waals surface area contributed by atoms with Crippen LogP contribution in [0, 0.1) is 5.92 Å². The Balaban J connectivity index is 1.55. The lowest BCUT2D eigenvalue weighted by Gasteiger charge is -2.38. The van der Waals surface area contributed by atoms with E-state index in [4.69, 9.17) is 30.5 Å². The summed E-state index contributed by atoms with van der Waals surface area (Å²) in [6, 6.07) is 3.46. The first-order valence-corrected chi connectivity index (χ1v) is 11.0. The molecule has 7 nitrogen and oxygen atoms in total. The fraction of sp³-hybridized carbons (Fsp3) is 0.478. The van der Waals surface area contributed by atoms with E-state index in [2.05, 4.69) is 5.32 Å². The SMILES string of the molecule is CC1=C(C(=O)OCC2CCCO2)C(c2cc3c(cc2Cl)OCO3)C2C(=O)CCC=C2N1. The van der Waals surface area contributed by atoms with Gasteiger partial charge in [0.25, 0.3) is 0 Å². The molecule has 3 atom stereocenters. The second-order valence-electron chi connectivity index (χ2n) is 8.24. The molecule has 4 aliphatic rings.